The van der Waals surface area contributed by atoms with Gasteiger partial charge in [-0.05, 0) is 37.3 Å². The summed E-state index contributed by atoms with van der Waals surface area (Å²) in [4.78, 5) is 16.5. The van der Waals surface area contributed by atoms with Gasteiger partial charge in [0.25, 0.3) is 0 Å². The molecule has 1 fully saturated rings. The van der Waals surface area contributed by atoms with E-state index in [1.54, 1.807) is 12.4 Å². The van der Waals surface area contributed by atoms with Crippen LogP contribution < -0.4 is 11.1 Å². The molecule has 1 aromatic rings. The van der Waals surface area contributed by atoms with Crippen molar-refractivity contribution >= 4 is 5.91 Å². The number of amides is 1. The molecule has 1 saturated carbocycles. The molecular weight excluding hydrogens is 238 g/mol. The SMILES string of the molecule is CC1CCCC(N)(C(=O)NC(C)c2cccnc2)C1. The molecule has 1 aliphatic rings. The van der Waals surface area contributed by atoms with Crippen LogP contribution in [0.3, 0.4) is 0 Å². The van der Waals surface area contributed by atoms with E-state index in [-0.39, 0.29) is 11.9 Å². The van der Waals surface area contributed by atoms with Gasteiger partial charge in [0.1, 0.15) is 0 Å². The van der Waals surface area contributed by atoms with Gasteiger partial charge in [0.2, 0.25) is 5.91 Å². The van der Waals surface area contributed by atoms with Gasteiger partial charge < -0.3 is 11.1 Å². The van der Waals surface area contributed by atoms with Gasteiger partial charge in [-0.1, -0.05) is 25.8 Å². The van der Waals surface area contributed by atoms with Crippen LogP contribution >= 0.6 is 0 Å². The maximum Gasteiger partial charge on any atom is 0.240 e. The fraction of sp³-hybridized carbons (Fsp3) is 0.600. The maximum atomic E-state index is 12.4. The van der Waals surface area contributed by atoms with Crippen LogP contribution in [0.2, 0.25) is 0 Å². The number of pyridine rings is 1. The Bertz CT molecular complexity index is 434. The maximum absolute atomic E-state index is 12.4. The fourth-order valence-electron chi connectivity index (χ4n) is 2.85. The van der Waals surface area contributed by atoms with Gasteiger partial charge in [0.05, 0.1) is 11.6 Å². The van der Waals surface area contributed by atoms with Gasteiger partial charge in [-0.15, -0.1) is 0 Å². The molecule has 3 unspecified atom stereocenters. The number of hydrogen-bond acceptors (Lipinski definition) is 3. The highest BCUT2D eigenvalue weighted by Gasteiger charge is 2.38. The Morgan fingerprint density at radius 2 is 2.42 bits per heavy atom. The zero-order valence-corrected chi connectivity index (χ0v) is 11.7. The molecule has 3 atom stereocenters. The number of nitrogens with one attached hydrogen (secondary N) is 1. The summed E-state index contributed by atoms with van der Waals surface area (Å²) in [5, 5.41) is 3.02. The fourth-order valence-corrected chi connectivity index (χ4v) is 2.85. The summed E-state index contributed by atoms with van der Waals surface area (Å²) >= 11 is 0. The van der Waals surface area contributed by atoms with Crippen LogP contribution in [0.1, 0.15) is 51.1 Å². The van der Waals surface area contributed by atoms with Gasteiger partial charge in [0.15, 0.2) is 0 Å². The average molecular weight is 261 g/mol. The van der Waals surface area contributed by atoms with Gasteiger partial charge in [-0.3, -0.25) is 9.78 Å². The Hall–Kier alpha value is -1.42. The highest BCUT2D eigenvalue weighted by molar-refractivity contribution is 5.86. The highest BCUT2D eigenvalue weighted by Crippen LogP contribution is 2.31. The monoisotopic (exact) mass is 261 g/mol. The van der Waals surface area contributed by atoms with E-state index >= 15 is 0 Å². The Kier molecular flexibility index (Phi) is 4.20. The summed E-state index contributed by atoms with van der Waals surface area (Å²) in [6.07, 6.45) is 7.27. The molecule has 104 valence electrons. The van der Waals surface area contributed by atoms with Crippen LogP contribution in [0.25, 0.3) is 0 Å². The van der Waals surface area contributed by atoms with Gasteiger partial charge >= 0.3 is 0 Å². The van der Waals surface area contributed by atoms with Gasteiger partial charge in [-0.25, -0.2) is 0 Å². The lowest BCUT2D eigenvalue weighted by Gasteiger charge is -2.36. The van der Waals surface area contributed by atoms with E-state index in [2.05, 4.69) is 17.2 Å². The molecule has 1 heterocycles. The highest BCUT2D eigenvalue weighted by atomic mass is 16.2. The lowest BCUT2D eigenvalue weighted by atomic mass is 9.76. The molecular formula is C15H23N3O. The van der Waals surface area contributed by atoms with Crippen molar-refractivity contribution in [2.24, 2.45) is 11.7 Å². The zero-order valence-electron chi connectivity index (χ0n) is 11.7. The van der Waals surface area contributed by atoms with E-state index in [4.69, 9.17) is 5.73 Å². The van der Waals surface area contributed by atoms with E-state index < -0.39 is 5.54 Å². The Morgan fingerprint density at radius 1 is 1.63 bits per heavy atom. The summed E-state index contributed by atoms with van der Waals surface area (Å²) < 4.78 is 0. The molecule has 1 aliphatic carbocycles. The van der Waals surface area contributed by atoms with Crippen LogP contribution in [0, 0.1) is 5.92 Å². The van der Waals surface area contributed by atoms with E-state index in [1.165, 1.54) is 6.42 Å². The van der Waals surface area contributed by atoms with Gasteiger partial charge in [0, 0.05) is 12.4 Å². The van der Waals surface area contributed by atoms with Crippen LogP contribution in [-0.4, -0.2) is 16.4 Å². The summed E-state index contributed by atoms with van der Waals surface area (Å²) in [5.74, 6) is 0.494. The van der Waals surface area contributed by atoms with Crippen molar-refractivity contribution in [3.05, 3.63) is 30.1 Å². The first-order chi connectivity index (χ1) is 9.01. The molecule has 1 aromatic heterocycles. The smallest absolute Gasteiger partial charge is 0.240 e. The Labute approximate surface area is 114 Å². The van der Waals surface area contributed by atoms with Crippen LogP contribution in [0.5, 0.6) is 0 Å². The van der Waals surface area contributed by atoms with Crippen molar-refractivity contribution in [1.29, 1.82) is 0 Å². The Morgan fingerprint density at radius 3 is 3.05 bits per heavy atom. The normalized spacial score (nSPS) is 28.7. The number of carbonyl (C=O) groups is 1. The summed E-state index contributed by atoms with van der Waals surface area (Å²) in [6.45, 7) is 4.13. The standard InChI is InChI=1S/C15H23N3O/c1-11-5-3-7-15(16,9-11)14(19)18-12(2)13-6-4-8-17-10-13/h4,6,8,10-12H,3,5,7,9,16H2,1-2H3,(H,18,19). The molecule has 0 spiro atoms. The molecule has 19 heavy (non-hydrogen) atoms. The third-order valence-electron chi connectivity index (χ3n) is 4.02. The predicted octanol–water partition coefficient (Wildman–Crippen LogP) is 2.17. The minimum atomic E-state index is -0.700. The van der Waals surface area contributed by atoms with Crippen molar-refractivity contribution in [3.8, 4) is 0 Å². The third kappa shape index (κ3) is 3.32. The van der Waals surface area contributed by atoms with Crippen LogP contribution in [-0.2, 0) is 4.79 Å². The third-order valence-corrected chi connectivity index (χ3v) is 4.02. The van der Waals surface area contributed by atoms with E-state index in [0.717, 1.165) is 24.8 Å². The quantitative estimate of drug-likeness (QED) is 0.876. The molecule has 0 aromatic carbocycles. The van der Waals surface area contributed by atoms with Crippen LogP contribution in [0.15, 0.2) is 24.5 Å². The molecule has 0 bridgehead atoms. The molecule has 0 aliphatic heterocycles. The molecule has 0 radical (unpaired) electrons. The molecule has 3 N–H and O–H groups in total. The lowest BCUT2D eigenvalue weighted by molar-refractivity contribution is -0.128. The minimum absolute atomic E-state index is 0.0320. The van der Waals surface area contributed by atoms with Crippen molar-refractivity contribution in [2.45, 2.75) is 51.1 Å². The van der Waals surface area contributed by atoms with Crippen molar-refractivity contribution in [2.75, 3.05) is 0 Å². The van der Waals surface area contributed by atoms with E-state index in [0.29, 0.717) is 5.92 Å². The first-order valence-corrected chi connectivity index (χ1v) is 7.01. The van der Waals surface area contributed by atoms with Crippen molar-refractivity contribution in [1.82, 2.24) is 10.3 Å². The van der Waals surface area contributed by atoms with Crippen molar-refractivity contribution in [3.63, 3.8) is 0 Å². The second-order valence-electron chi connectivity index (χ2n) is 5.84. The van der Waals surface area contributed by atoms with Crippen molar-refractivity contribution < 1.29 is 4.79 Å². The minimum Gasteiger partial charge on any atom is -0.348 e. The summed E-state index contributed by atoms with van der Waals surface area (Å²) in [6, 6.07) is 3.78. The molecule has 0 saturated heterocycles. The number of aromatic nitrogens is 1. The topological polar surface area (TPSA) is 68.0 Å². The number of carbonyl (C=O) groups excluding carboxylic acids is 1. The summed E-state index contributed by atoms with van der Waals surface area (Å²) in [5.41, 5.74) is 6.59. The Balaban J connectivity index is 2.00. The average Bonchev–Trinajstić information content (AvgIpc) is 2.39. The molecule has 4 heteroatoms. The molecule has 1 amide bonds. The number of nitrogens with zero attached hydrogens (tertiary/aromatic N) is 1. The largest absolute Gasteiger partial charge is 0.348 e. The van der Waals surface area contributed by atoms with Gasteiger partial charge in [-0.2, -0.15) is 0 Å². The second-order valence-corrected chi connectivity index (χ2v) is 5.84. The number of nitrogens with two attached hydrogens (primary N) is 1. The molecule has 2 rings (SSSR count). The summed E-state index contributed by atoms with van der Waals surface area (Å²) in [7, 11) is 0. The number of rotatable bonds is 3. The predicted molar refractivity (Wildman–Crippen MR) is 75.3 cm³/mol. The zero-order chi connectivity index (χ0) is 13.9. The first-order valence-electron chi connectivity index (χ1n) is 7.01. The lowest BCUT2D eigenvalue weighted by Crippen LogP contribution is -2.56. The van der Waals surface area contributed by atoms with Crippen LogP contribution in [0.4, 0.5) is 0 Å². The second kappa shape index (κ2) is 5.70. The number of hydrogen-bond donors (Lipinski definition) is 2. The van der Waals surface area contributed by atoms with E-state index in [9.17, 15) is 4.79 Å². The first kappa shape index (κ1) is 14.0. The molecule has 4 nitrogen and oxygen atoms in total. The van der Waals surface area contributed by atoms with E-state index in [1.807, 2.05) is 19.1 Å².